The fraction of sp³-hybridized carbons (Fsp3) is 0.750. The van der Waals surface area contributed by atoms with Crippen LogP contribution < -0.4 is 4.72 Å². The highest BCUT2D eigenvalue weighted by Gasteiger charge is 2.33. The van der Waals surface area contributed by atoms with Crippen molar-refractivity contribution in [3.63, 3.8) is 0 Å². The second-order valence-electron chi connectivity index (χ2n) is 8.10. The van der Waals surface area contributed by atoms with Crippen molar-refractivity contribution in [1.82, 2.24) is 14.6 Å². The summed E-state index contributed by atoms with van der Waals surface area (Å²) >= 11 is 0. The van der Waals surface area contributed by atoms with Crippen molar-refractivity contribution in [3.8, 4) is 0 Å². The Labute approximate surface area is 163 Å². The molecule has 1 amide bonds. The maximum Gasteiger partial charge on any atom is 0.257 e. The zero-order valence-electron chi connectivity index (χ0n) is 16.6. The first-order chi connectivity index (χ1) is 12.9. The summed E-state index contributed by atoms with van der Waals surface area (Å²) in [6.45, 7) is 4.95. The van der Waals surface area contributed by atoms with Gasteiger partial charge < -0.3 is 9.88 Å². The number of rotatable bonds is 4. The van der Waals surface area contributed by atoms with Gasteiger partial charge in [0.15, 0.2) is 0 Å². The minimum absolute atomic E-state index is 0.0390. The molecule has 6 nitrogen and oxygen atoms in total. The first-order valence-electron chi connectivity index (χ1n) is 10.4. The van der Waals surface area contributed by atoms with Gasteiger partial charge in [0, 0.05) is 30.5 Å². The number of amides is 1. The van der Waals surface area contributed by atoms with E-state index >= 15 is 0 Å². The second kappa shape index (κ2) is 8.78. The Balaban J connectivity index is 1.87. The Kier molecular flexibility index (Phi) is 6.63. The number of aromatic nitrogens is 1. The molecule has 7 heteroatoms. The lowest BCUT2D eigenvalue weighted by Gasteiger charge is -2.27. The van der Waals surface area contributed by atoms with Gasteiger partial charge in [0.05, 0.1) is 5.56 Å². The molecule has 0 atom stereocenters. The van der Waals surface area contributed by atoms with Crippen molar-refractivity contribution in [3.05, 3.63) is 17.0 Å². The van der Waals surface area contributed by atoms with Crippen molar-refractivity contribution >= 4 is 15.9 Å². The molecule has 1 saturated heterocycles. The van der Waals surface area contributed by atoms with Gasteiger partial charge in [-0.25, -0.2) is 13.1 Å². The Bertz CT molecular complexity index is 756. The van der Waals surface area contributed by atoms with Gasteiger partial charge in [-0.3, -0.25) is 4.79 Å². The molecule has 0 spiro atoms. The lowest BCUT2D eigenvalue weighted by Crippen LogP contribution is -2.39. The molecule has 0 bridgehead atoms. The van der Waals surface area contributed by atoms with Crippen molar-refractivity contribution in [2.75, 3.05) is 13.1 Å². The topological polar surface area (TPSA) is 82.3 Å². The van der Waals surface area contributed by atoms with Crippen molar-refractivity contribution in [2.45, 2.75) is 89.0 Å². The number of nitrogens with zero attached hydrogens (tertiary/aromatic N) is 1. The average Bonchev–Trinajstić information content (AvgIpc) is 2.92. The van der Waals surface area contributed by atoms with Crippen LogP contribution in [0.1, 0.15) is 86.0 Å². The van der Waals surface area contributed by atoms with Gasteiger partial charge in [0.2, 0.25) is 10.0 Å². The summed E-state index contributed by atoms with van der Waals surface area (Å²) in [7, 11) is -3.74. The Hall–Kier alpha value is -1.34. The van der Waals surface area contributed by atoms with E-state index in [1.165, 1.54) is 19.3 Å². The monoisotopic (exact) mass is 395 g/mol. The van der Waals surface area contributed by atoms with Crippen LogP contribution >= 0.6 is 0 Å². The van der Waals surface area contributed by atoms with Crippen LogP contribution in [0.2, 0.25) is 0 Å². The van der Waals surface area contributed by atoms with E-state index in [0.29, 0.717) is 30.0 Å². The molecule has 3 rings (SSSR count). The number of piperidine rings is 1. The number of likely N-dealkylation sites (tertiary alicyclic amines) is 1. The molecule has 152 valence electrons. The summed E-state index contributed by atoms with van der Waals surface area (Å²) in [5.74, 6) is -0.158. The molecule has 2 fully saturated rings. The van der Waals surface area contributed by atoms with Crippen molar-refractivity contribution in [2.24, 2.45) is 0 Å². The molecule has 0 unspecified atom stereocenters. The molecule has 0 radical (unpaired) electrons. The van der Waals surface area contributed by atoms with Gasteiger partial charge in [0.1, 0.15) is 4.90 Å². The van der Waals surface area contributed by atoms with E-state index in [2.05, 4.69) is 9.71 Å². The quantitative estimate of drug-likeness (QED) is 0.816. The van der Waals surface area contributed by atoms with E-state index in [1.807, 2.05) is 0 Å². The molecule has 0 aromatic carbocycles. The van der Waals surface area contributed by atoms with Gasteiger partial charge in [-0.1, -0.05) is 32.1 Å². The molecule has 2 N–H and O–H groups in total. The van der Waals surface area contributed by atoms with Crippen LogP contribution in [0.25, 0.3) is 0 Å². The normalized spacial score (nSPS) is 20.3. The number of hydrogen-bond donors (Lipinski definition) is 2. The Morgan fingerprint density at radius 3 is 2.11 bits per heavy atom. The third-order valence-electron chi connectivity index (χ3n) is 5.87. The molecule has 2 aliphatic rings. The molecule has 1 aliphatic heterocycles. The second-order valence-corrected chi connectivity index (χ2v) is 9.75. The molecule has 1 aromatic rings. The predicted molar refractivity (Wildman–Crippen MR) is 106 cm³/mol. The first kappa shape index (κ1) is 20.4. The summed E-state index contributed by atoms with van der Waals surface area (Å²) in [5.41, 5.74) is 1.51. The van der Waals surface area contributed by atoms with Crippen LogP contribution in [-0.2, 0) is 10.0 Å². The zero-order chi connectivity index (χ0) is 19.4. The largest absolute Gasteiger partial charge is 0.361 e. The highest BCUT2D eigenvalue weighted by Crippen LogP contribution is 2.27. The third kappa shape index (κ3) is 4.74. The summed E-state index contributed by atoms with van der Waals surface area (Å²) < 4.78 is 29.4. The summed E-state index contributed by atoms with van der Waals surface area (Å²) in [4.78, 5) is 18.2. The van der Waals surface area contributed by atoms with Crippen molar-refractivity contribution in [1.29, 1.82) is 0 Å². The zero-order valence-corrected chi connectivity index (χ0v) is 17.5. The van der Waals surface area contributed by atoms with Crippen LogP contribution in [0.4, 0.5) is 0 Å². The van der Waals surface area contributed by atoms with Gasteiger partial charge in [-0.2, -0.15) is 0 Å². The summed E-state index contributed by atoms with van der Waals surface area (Å²) in [6.07, 6.45) is 10.5. The van der Waals surface area contributed by atoms with E-state index in [9.17, 15) is 13.2 Å². The summed E-state index contributed by atoms with van der Waals surface area (Å²) in [5, 5.41) is 0. The molecule has 1 saturated carbocycles. The lowest BCUT2D eigenvalue weighted by molar-refractivity contribution is 0.0720. The fourth-order valence-electron chi connectivity index (χ4n) is 4.46. The van der Waals surface area contributed by atoms with Gasteiger partial charge in [0.25, 0.3) is 5.91 Å². The van der Waals surface area contributed by atoms with E-state index in [-0.39, 0.29) is 16.8 Å². The minimum atomic E-state index is -3.74. The average molecular weight is 396 g/mol. The predicted octanol–water partition coefficient (Wildman–Crippen LogP) is 3.65. The highest BCUT2D eigenvalue weighted by molar-refractivity contribution is 7.89. The van der Waals surface area contributed by atoms with Crippen LogP contribution in [0.15, 0.2) is 4.90 Å². The van der Waals surface area contributed by atoms with Crippen LogP contribution in [0.3, 0.4) is 0 Å². The molecule has 1 aliphatic carbocycles. The number of sulfonamides is 1. The molecule has 2 heterocycles. The number of nitrogens with one attached hydrogen (secondary N) is 2. The summed E-state index contributed by atoms with van der Waals surface area (Å²) in [6, 6.07) is -0.0390. The number of aryl methyl sites for hydroxylation is 2. The maximum atomic E-state index is 13.2. The Morgan fingerprint density at radius 2 is 1.48 bits per heavy atom. The Morgan fingerprint density at radius 1 is 0.926 bits per heavy atom. The smallest absolute Gasteiger partial charge is 0.257 e. The molecular weight excluding hydrogens is 362 g/mol. The highest BCUT2D eigenvalue weighted by atomic mass is 32.2. The minimum Gasteiger partial charge on any atom is -0.361 e. The van der Waals surface area contributed by atoms with Crippen LogP contribution in [-0.4, -0.2) is 43.3 Å². The number of H-pyrrole nitrogens is 1. The third-order valence-corrected chi connectivity index (χ3v) is 7.56. The van der Waals surface area contributed by atoms with Crippen molar-refractivity contribution < 1.29 is 13.2 Å². The van der Waals surface area contributed by atoms with E-state index in [4.69, 9.17) is 0 Å². The number of carbonyl (C=O) groups is 1. The number of aromatic amines is 1. The van der Waals surface area contributed by atoms with E-state index < -0.39 is 10.0 Å². The maximum absolute atomic E-state index is 13.2. The molecular formula is C20H33N3O3S. The van der Waals surface area contributed by atoms with Gasteiger partial charge in [-0.05, 0) is 46.0 Å². The first-order valence-corrected chi connectivity index (χ1v) is 11.9. The fourth-order valence-corrected chi connectivity index (χ4v) is 6.21. The lowest BCUT2D eigenvalue weighted by atomic mass is 9.97. The van der Waals surface area contributed by atoms with Gasteiger partial charge in [-0.15, -0.1) is 0 Å². The van der Waals surface area contributed by atoms with Gasteiger partial charge >= 0.3 is 0 Å². The van der Waals surface area contributed by atoms with Crippen LogP contribution in [0.5, 0.6) is 0 Å². The molecule has 1 aromatic heterocycles. The van der Waals surface area contributed by atoms with E-state index in [0.717, 1.165) is 44.9 Å². The SMILES string of the molecule is Cc1[nH]c(C)c(S(=O)(=O)NC2CCCCCCC2)c1C(=O)N1CCCCC1. The number of carbonyl (C=O) groups excluding carboxylic acids is 1. The molecule has 27 heavy (non-hydrogen) atoms. The van der Waals surface area contributed by atoms with E-state index in [1.54, 1.807) is 18.7 Å². The number of hydrogen-bond acceptors (Lipinski definition) is 3. The van der Waals surface area contributed by atoms with Crippen LogP contribution in [0, 0.1) is 13.8 Å². The standard InChI is InChI=1S/C20H33N3O3S/c1-15-18(20(24)23-13-9-6-10-14-23)19(16(2)21-15)27(25,26)22-17-11-7-4-3-5-8-12-17/h17,21-22H,3-14H2,1-2H3.